The van der Waals surface area contributed by atoms with E-state index < -0.39 is 32.5 Å². The van der Waals surface area contributed by atoms with E-state index in [-0.39, 0.29) is 26.1 Å². The standard InChI is InChI=1S/C72H112NO8P/c1-6-8-10-12-14-16-18-20-22-24-26-27-28-29-30-31-32-33-34-35-36-37-38-39-40-41-42-43-44-45-47-49-51-53-55-57-59-61-63-65-72(75)81-70(69-80-82(76,77)79-67-66-73(3,4)5)68-78-71(74)64-62-60-58-56-54-52-50-48-46-25-23-21-19-17-15-13-11-9-7-2/h8-11,14-17,20-23,26-27,29-30,32-33,35-36,38-39,41-42,44-46,48-49,51-52,54,70H,6-7,12-13,18-19,24-25,28,31,34,37,40,43,47,50,53,55-69H2,1-5H3/p+1/b10-8-,11-9-,16-14-,17-15-,22-20-,23-21-,27-26-,30-29-,33-32-,36-35-,39-38-,42-41-,45-44-,48-46-,51-49-,54-52-. The minimum absolute atomic E-state index is 0.0102. The Hall–Kier alpha value is -5.15. The van der Waals surface area contributed by atoms with E-state index in [1.165, 1.54) is 0 Å². The molecule has 0 aliphatic rings. The monoisotopic (exact) mass is 1150 g/mol. The normalized spacial score (nSPS) is 14.6. The lowest BCUT2D eigenvalue weighted by molar-refractivity contribution is -0.870. The maximum absolute atomic E-state index is 12.8. The highest BCUT2D eigenvalue weighted by Gasteiger charge is 2.27. The molecule has 0 aromatic rings. The molecular weight excluding hydrogens is 1040 g/mol. The van der Waals surface area contributed by atoms with Crippen LogP contribution in [0, 0.1) is 0 Å². The van der Waals surface area contributed by atoms with Crippen LogP contribution in [0.3, 0.4) is 0 Å². The summed E-state index contributed by atoms with van der Waals surface area (Å²) in [5.41, 5.74) is 0. The van der Waals surface area contributed by atoms with Gasteiger partial charge in [0.25, 0.3) is 0 Å². The first-order chi connectivity index (χ1) is 40.0. The fourth-order valence-corrected chi connectivity index (χ4v) is 8.14. The number of likely N-dealkylation sites (N-methyl/N-ethyl adjacent to an activating group) is 1. The molecular formula is C72H113NO8P+. The molecule has 0 rings (SSSR count). The Labute approximate surface area is 501 Å². The third-order valence-corrected chi connectivity index (χ3v) is 13.1. The minimum Gasteiger partial charge on any atom is -0.462 e. The Balaban J connectivity index is 4.26. The quantitative estimate of drug-likeness (QED) is 0.0211. The van der Waals surface area contributed by atoms with Crippen LogP contribution in [0.15, 0.2) is 194 Å². The van der Waals surface area contributed by atoms with Crippen LogP contribution in [-0.2, 0) is 32.7 Å². The number of nitrogens with zero attached hydrogens (tertiary/aromatic N) is 1. The first-order valence-electron chi connectivity index (χ1n) is 31.2. The number of carbonyl (C=O) groups is 2. The maximum atomic E-state index is 12.8. The Morgan fingerprint density at radius 3 is 0.988 bits per heavy atom. The van der Waals surface area contributed by atoms with Crippen LogP contribution >= 0.6 is 7.82 Å². The van der Waals surface area contributed by atoms with Crippen molar-refractivity contribution in [3.8, 4) is 0 Å². The van der Waals surface area contributed by atoms with Gasteiger partial charge >= 0.3 is 19.8 Å². The van der Waals surface area contributed by atoms with Crippen LogP contribution in [0.5, 0.6) is 0 Å². The number of rotatable bonds is 54. The number of quaternary nitrogens is 1. The lowest BCUT2D eigenvalue weighted by Gasteiger charge is -2.24. The van der Waals surface area contributed by atoms with Crippen molar-refractivity contribution in [3.63, 3.8) is 0 Å². The molecule has 0 amide bonds. The van der Waals surface area contributed by atoms with Gasteiger partial charge in [-0.25, -0.2) is 4.57 Å². The zero-order valence-corrected chi connectivity index (χ0v) is 52.8. The van der Waals surface area contributed by atoms with Gasteiger partial charge in [0.05, 0.1) is 27.7 Å². The SMILES string of the molecule is CC/C=C\C/C=C\C/C=C\C/C=C\C/C=C\C/C=C\C/C=C\C/C=C\C/C=C\C/C=C\C/C=C\CCCCCCCC(=O)OC(COC(=O)CCCCC/C=C\C/C=C\C/C=C\C/C=C\C/C=C\CC)COP(=O)(O)OCC[N+](C)(C)C. The highest BCUT2D eigenvalue weighted by molar-refractivity contribution is 7.47. The number of hydrogen-bond acceptors (Lipinski definition) is 7. The lowest BCUT2D eigenvalue weighted by atomic mass is 10.1. The highest BCUT2D eigenvalue weighted by atomic mass is 31.2. The average Bonchev–Trinajstić information content (AvgIpc) is 3.46. The molecule has 10 heteroatoms. The molecule has 82 heavy (non-hydrogen) atoms. The van der Waals surface area contributed by atoms with Gasteiger partial charge in [-0.05, 0) is 141 Å². The van der Waals surface area contributed by atoms with E-state index in [0.29, 0.717) is 23.9 Å². The van der Waals surface area contributed by atoms with Crippen molar-refractivity contribution in [2.24, 2.45) is 0 Å². The maximum Gasteiger partial charge on any atom is 0.472 e. The fraction of sp³-hybridized carbons (Fsp3) is 0.528. The first-order valence-corrected chi connectivity index (χ1v) is 32.7. The molecule has 0 saturated heterocycles. The van der Waals surface area contributed by atoms with Gasteiger partial charge in [-0.2, -0.15) is 0 Å². The molecule has 9 nitrogen and oxygen atoms in total. The largest absolute Gasteiger partial charge is 0.472 e. The second-order valence-corrected chi connectivity index (χ2v) is 22.4. The van der Waals surface area contributed by atoms with Crippen molar-refractivity contribution >= 4 is 19.8 Å². The lowest BCUT2D eigenvalue weighted by Crippen LogP contribution is -2.37. The van der Waals surface area contributed by atoms with E-state index in [1.54, 1.807) is 0 Å². The van der Waals surface area contributed by atoms with E-state index >= 15 is 0 Å². The summed E-state index contributed by atoms with van der Waals surface area (Å²) < 4.78 is 34.5. The molecule has 2 atom stereocenters. The van der Waals surface area contributed by atoms with Crippen LogP contribution in [0.25, 0.3) is 0 Å². The molecule has 0 fully saturated rings. The minimum atomic E-state index is -4.42. The Bertz CT molecular complexity index is 2080. The molecule has 0 spiro atoms. The summed E-state index contributed by atoms with van der Waals surface area (Å²) in [6.45, 7) is 4.10. The third-order valence-electron chi connectivity index (χ3n) is 12.1. The molecule has 0 aromatic heterocycles. The predicted octanol–water partition coefficient (Wildman–Crippen LogP) is 20.1. The van der Waals surface area contributed by atoms with Gasteiger partial charge < -0.3 is 18.9 Å². The Kier molecular flexibility index (Phi) is 56.6. The predicted molar refractivity (Wildman–Crippen MR) is 352 cm³/mol. The summed E-state index contributed by atoms with van der Waals surface area (Å²) in [4.78, 5) is 35.7. The summed E-state index contributed by atoms with van der Waals surface area (Å²) >= 11 is 0. The number of hydrogen-bond donors (Lipinski definition) is 1. The van der Waals surface area contributed by atoms with Gasteiger partial charge in [0.15, 0.2) is 6.10 Å². The summed E-state index contributed by atoms with van der Waals surface area (Å²) in [6, 6.07) is 0. The molecule has 0 aromatic carbocycles. The van der Waals surface area contributed by atoms with Crippen LogP contribution in [-0.4, -0.2) is 74.9 Å². The molecule has 0 bridgehead atoms. The Morgan fingerprint density at radius 2 is 0.659 bits per heavy atom. The van der Waals surface area contributed by atoms with Crippen molar-refractivity contribution in [2.45, 2.75) is 200 Å². The number of phosphoric ester groups is 1. The highest BCUT2D eigenvalue weighted by Crippen LogP contribution is 2.43. The third kappa shape index (κ3) is 64.0. The van der Waals surface area contributed by atoms with Gasteiger partial charge in [-0.15, -0.1) is 0 Å². The van der Waals surface area contributed by atoms with Crippen molar-refractivity contribution < 1.29 is 42.1 Å². The molecule has 2 unspecified atom stereocenters. The molecule has 0 heterocycles. The summed E-state index contributed by atoms with van der Waals surface area (Å²) in [5.74, 6) is -0.876. The van der Waals surface area contributed by atoms with Gasteiger partial charge in [0, 0.05) is 12.8 Å². The molecule has 0 saturated carbocycles. The van der Waals surface area contributed by atoms with E-state index in [4.69, 9.17) is 18.5 Å². The zero-order chi connectivity index (χ0) is 59.8. The van der Waals surface area contributed by atoms with E-state index in [0.717, 1.165) is 154 Å². The van der Waals surface area contributed by atoms with Gasteiger partial charge in [0.2, 0.25) is 0 Å². The summed E-state index contributed by atoms with van der Waals surface area (Å²) in [5, 5.41) is 0. The van der Waals surface area contributed by atoms with Gasteiger partial charge in [-0.3, -0.25) is 18.6 Å². The number of esters is 2. The zero-order valence-electron chi connectivity index (χ0n) is 51.9. The van der Waals surface area contributed by atoms with Gasteiger partial charge in [0.1, 0.15) is 19.8 Å². The molecule has 0 aliphatic carbocycles. The molecule has 0 aliphatic heterocycles. The summed E-state index contributed by atoms with van der Waals surface area (Å²) in [6.07, 6.45) is 95.1. The van der Waals surface area contributed by atoms with E-state index in [2.05, 4.69) is 208 Å². The second kappa shape index (κ2) is 60.4. The fourth-order valence-electron chi connectivity index (χ4n) is 7.40. The molecule has 458 valence electrons. The molecule has 0 radical (unpaired) electrons. The molecule has 1 N–H and O–H groups in total. The van der Waals surface area contributed by atoms with Crippen LogP contribution < -0.4 is 0 Å². The number of allylic oxidation sites excluding steroid dienone is 32. The van der Waals surface area contributed by atoms with E-state index in [9.17, 15) is 19.0 Å². The van der Waals surface area contributed by atoms with Crippen LogP contribution in [0.2, 0.25) is 0 Å². The van der Waals surface area contributed by atoms with Crippen molar-refractivity contribution in [1.82, 2.24) is 0 Å². The second-order valence-electron chi connectivity index (χ2n) is 21.0. The Morgan fingerprint density at radius 1 is 0.378 bits per heavy atom. The number of carbonyl (C=O) groups excluding carboxylic acids is 2. The van der Waals surface area contributed by atoms with Crippen molar-refractivity contribution in [2.75, 3.05) is 47.5 Å². The smallest absolute Gasteiger partial charge is 0.462 e. The van der Waals surface area contributed by atoms with Crippen LogP contribution in [0.4, 0.5) is 0 Å². The number of ether oxygens (including phenoxy) is 2. The summed E-state index contributed by atoms with van der Waals surface area (Å²) in [7, 11) is 1.41. The number of phosphoric acid groups is 1. The van der Waals surface area contributed by atoms with E-state index in [1.807, 2.05) is 21.1 Å². The number of unbranched alkanes of at least 4 members (excludes halogenated alkanes) is 8. The topological polar surface area (TPSA) is 108 Å². The van der Waals surface area contributed by atoms with Crippen LogP contribution in [0.1, 0.15) is 194 Å². The average molecular weight is 1150 g/mol. The van der Waals surface area contributed by atoms with Gasteiger partial charge in [-0.1, -0.05) is 234 Å². The van der Waals surface area contributed by atoms with Crippen molar-refractivity contribution in [1.29, 1.82) is 0 Å². The first kappa shape index (κ1) is 76.9. The van der Waals surface area contributed by atoms with Crippen molar-refractivity contribution in [3.05, 3.63) is 194 Å².